The van der Waals surface area contributed by atoms with E-state index in [0.717, 1.165) is 17.7 Å². The molecule has 9 nitrogen and oxygen atoms in total. The first-order valence-electron chi connectivity index (χ1n) is 10.4. The number of nitrogens with zero attached hydrogens (tertiary/aromatic N) is 3. The van der Waals surface area contributed by atoms with Crippen LogP contribution in [0.4, 0.5) is 5.69 Å². The zero-order valence-electron chi connectivity index (χ0n) is 18.1. The number of amides is 2. The van der Waals surface area contributed by atoms with Crippen molar-refractivity contribution in [3.05, 3.63) is 41.9 Å². The Morgan fingerprint density at radius 2 is 1.87 bits per heavy atom. The van der Waals surface area contributed by atoms with E-state index in [-0.39, 0.29) is 42.4 Å². The Morgan fingerprint density at radius 3 is 2.48 bits per heavy atom. The van der Waals surface area contributed by atoms with Crippen molar-refractivity contribution in [1.29, 1.82) is 0 Å². The van der Waals surface area contributed by atoms with E-state index in [0.29, 0.717) is 18.7 Å². The maximum absolute atomic E-state index is 12.8. The van der Waals surface area contributed by atoms with Crippen LogP contribution in [0.3, 0.4) is 0 Å². The van der Waals surface area contributed by atoms with Crippen molar-refractivity contribution in [1.82, 2.24) is 19.2 Å². The Balaban J connectivity index is 1.49. The number of imidazole rings is 1. The summed E-state index contributed by atoms with van der Waals surface area (Å²) in [5, 5.41) is 5.52. The summed E-state index contributed by atoms with van der Waals surface area (Å²) >= 11 is 0. The van der Waals surface area contributed by atoms with E-state index in [1.807, 2.05) is 31.2 Å². The molecule has 3 rings (SSSR count). The number of hydrogen-bond donors (Lipinski definition) is 2. The second kappa shape index (κ2) is 9.61. The van der Waals surface area contributed by atoms with E-state index in [4.69, 9.17) is 0 Å². The third-order valence-corrected chi connectivity index (χ3v) is 7.38. The van der Waals surface area contributed by atoms with Crippen molar-refractivity contribution < 1.29 is 18.0 Å². The van der Waals surface area contributed by atoms with Crippen LogP contribution in [-0.2, 0) is 33.1 Å². The van der Waals surface area contributed by atoms with Crippen LogP contribution in [0.25, 0.3) is 0 Å². The molecule has 0 radical (unpaired) electrons. The molecule has 1 aromatic carbocycles. The zero-order chi connectivity index (χ0) is 22.6. The van der Waals surface area contributed by atoms with Crippen LogP contribution in [0.2, 0.25) is 0 Å². The lowest BCUT2D eigenvalue weighted by molar-refractivity contribution is -0.128. The highest BCUT2D eigenvalue weighted by atomic mass is 32.2. The van der Waals surface area contributed by atoms with Crippen LogP contribution in [-0.4, -0.2) is 53.7 Å². The van der Waals surface area contributed by atoms with E-state index in [9.17, 15) is 18.0 Å². The molecule has 0 spiro atoms. The lowest BCUT2D eigenvalue weighted by Gasteiger charge is -2.29. The number of piperidine rings is 1. The van der Waals surface area contributed by atoms with Crippen LogP contribution in [0.5, 0.6) is 0 Å². The molecule has 168 valence electrons. The Bertz CT molecular complexity index is 1040. The number of aryl methyl sites for hydroxylation is 3. The summed E-state index contributed by atoms with van der Waals surface area (Å²) < 4.78 is 28.6. The minimum Gasteiger partial charge on any atom is -0.347 e. The van der Waals surface area contributed by atoms with Gasteiger partial charge in [-0.3, -0.25) is 9.59 Å². The maximum Gasteiger partial charge on any atom is 0.262 e. The molecule has 1 fully saturated rings. The molecule has 0 unspecified atom stereocenters. The second-order valence-corrected chi connectivity index (χ2v) is 9.58. The average Bonchev–Trinajstić information content (AvgIpc) is 3.11. The third kappa shape index (κ3) is 5.31. The van der Waals surface area contributed by atoms with E-state index in [2.05, 4.69) is 15.6 Å². The van der Waals surface area contributed by atoms with Crippen molar-refractivity contribution >= 4 is 27.5 Å². The SMILES string of the molecule is CCc1ccccc1NC(=O)CNC(=O)C1CCN(S(=O)(=O)c2cn(C)c(C)n2)CC1. The predicted molar refractivity (Wildman–Crippen MR) is 117 cm³/mol. The highest BCUT2D eigenvalue weighted by Gasteiger charge is 2.33. The number of rotatable bonds is 7. The molecule has 2 aromatic rings. The number of benzene rings is 1. The highest BCUT2D eigenvalue weighted by molar-refractivity contribution is 7.89. The molecule has 0 bridgehead atoms. The van der Waals surface area contributed by atoms with Gasteiger partial charge in [-0.2, -0.15) is 4.31 Å². The molecular weight excluding hydrogens is 418 g/mol. The van der Waals surface area contributed by atoms with Crippen LogP contribution in [0, 0.1) is 12.8 Å². The summed E-state index contributed by atoms with van der Waals surface area (Å²) in [7, 11) is -1.93. The van der Waals surface area contributed by atoms with Gasteiger partial charge in [0.15, 0.2) is 5.03 Å². The topological polar surface area (TPSA) is 113 Å². The van der Waals surface area contributed by atoms with Gasteiger partial charge in [0.2, 0.25) is 11.8 Å². The van der Waals surface area contributed by atoms with Crippen LogP contribution in [0.1, 0.15) is 31.2 Å². The summed E-state index contributed by atoms with van der Waals surface area (Å²) in [6.07, 6.45) is 3.09. The molecule has 2 N–H and O–H groups in total. The molecule has 1 aliphatic rings. The fourth-order valence-electron chi connectivity index (χ4n) is 3.60. The van der Waals surface area contributed by atoms with Crippen molar-refractivity contribution in [2.75, 3.05) is 25.0 Å². The van der Waals surface area contributed by atoms with Crippen LogP contribution >= 0.6 is 0 Å². The quantitative estimate of drug-likeness (QED) is 0.667. The number of carbonyl (C=O) groups excluding carboxylic acids is 2. The lowest BCUT2D eigenvalue weighted by atomic mass is 9.97. The Hall–Kier alpha value is -2.72. The smallest absolute Gasteiger partial charge is 0.262 e. The number of para-hydroxylation sites is 1. The number of hydrogen-bond acceptors (Lipinski definition) is 5. The minimum absolute atomic E-state index is 0.0273. The minimum atomic E-state index is -3.67. The molecule has 0 aliphatic carbocycles. The fraction of sp³-hybridized carbons (Fsp3) is 0.476. The molecule has 31 heavy (non-hydrogen) atoms. The predicted octanol–water partition coefficient (Wildman–Crippen LogP) is 1.45. The number of nitrogens with one attached hydrogen (secondary N) is 2. The van der Waals surface area contributed by atoms with Gasteiger partial charge in [0, 0.05) is 37.9 Å². The van der Waals surface area contributed by atoms with Gasteiger partial charge < -0.3 is 15.2 Å². The Morgan fingerprint density at radius 1 is 1.19 bits per heavy atom. The normalized spacial score (nSPS) is 15.6. The van der Waals surface area contributed by atoms with Gasteiger partial charge in [-0.1, -0.05) is 25.1 Å². The third-order valence-electron chi connectivity index (χ3n) is 5.61. The van der Waals surface area contributed by atoms with Crippen molar-refractivity contribution in [3.63, 3.8) is 0 Å². The van der Waals surface area contributed by atoms with Gasteiger partial charge in [-0.25, -0.2) is 13.4 Å². The van der Waals surface area contributed by atoms with Crippen LogP contribution in [0.15, 0.2) is 35.5 Å². The summed E-state index contributed by atoms with van der Waals surface area (Å²) in [5.74, 6) is -0.232. The first-order chi connectivity index (χ1) is 14.7. The van der Waals surface area contributed by atoms with Gasteiger partial charge >= 0.3 is 0 Å². The average molecular weight is 448 g/mol. The van der Waals surface area contributed by atoms with Crippen LogP contribution < -0.4 is 10.6 Å². The molecule has 2 amide bonds. The number of anilines is 1. The van der Waals surface area contributed by atoms with Crippen molar-refractivity contribution in [2.24, 2.45) is 13.0 Å². The first kappa shape index (κ1) is 23.0. The van der Waals surface area contributed by atoms with E-state index < -0.39 is 10.0 Å². The summed E-state index contributed by atoms with van der Waals surface area (Å²) in [6, 6.07) is 7.54. The van der Waals surface area contributed by atoms with Crippen molar-refractivity contribution in [2.45, 2.75) is 38.1 Å². The summed E-state index contributed by atoms with van der Waals surface area (Å²) in [4.78, 5) is 28.8. The van der Waals surface area contributed by atoms with Gasteiger partial charge in [0.25, 0.3) is 10.0 Å². The van der Waals surface area contributed by atoms with Gasteiger partial charge in [0.1, 0.15) is 5.82 Å². The second-order valence-electron chi connectivity index (χ2n) is 7.69. The zero-order valence-corrected chi connectivity index (χ0v) is 18.9. The lowest BCUT2D eigenvalue weighted by Crippen LogP contribution is -2.44. The fourth-order valence-corrected chi connectivity index (χ4v) is 5.09. The summed E-state index contributed by atoms with van der Waals surface area (Å²) in [5.41, 5.74) is 1.77. The highest BCUT2D eigenvalue weighted by Crippen LogP contribution is 2.23. The van der Waals surface area contributed by atoms with E-state index in [1.165, 1.54) is 10.5 Å². The van der Waals surface area contributed by atoms with E-state index >= 15 is 0 Å². The van der Waals surface area contributed by atoms with Gasteiger partial charge in [-0.15, -0.1) is 0 Å². The molecular formula is C21H29N5O4S. The molecule has 1 saturated heterocycles. The number of aromatic nitrogens is 2. The Kier molecular flexibility index (Phi) is 7.11. The molecule has 0 atom stereocenters. The monoisotopic (exact) mass is 447 g/mol. The number of sulfonamides is 1. The standard InChI is InChI=1S/C21H29N5O4S/c1-4-16-7-5-6-8-18(16)24-19(27)13-22-21(28)17-9-11-26(12-10-17)31(29,30)20-14-25(3)15(2)23-20/h5-8,14,17H,4,9-13H2,1-3H3,(H,22,28)(H,24,27). The maximum atomic E-state index is 12.8. The number of carbonyl (C=O) groups is 2. The first-order valence-corrected chi connectivity index (χ1v) is 11.8. The van der Waals surface area contributed by atoms with Gasteiger partial charge in [0.05, 0.1) is 6.54 Å². The molecule has 10 heteroatoms. The molecule has 1 aliphatic heterocycles. The molecule has 0 saturated carbocycles. The Labute approximate surface area is 182 Å². The van der Waals surface area contributed by atoms with Gasteiger partial charge in [-0.05, 0) is 37.8 Å². The molecule has 1 aromatic heterocycles. The summed E-state index contributed by atoms with van der Waals surface area (Å²) in [6.45, 7) is 4.11. The molecule has 2 heterocycles. The van der Waals surface area contributed by atoms with Crippen molar-refractivity contribution in [3.8, 4) is 0 Å². The largest absolute Gasteiger partial charge is 0.347 e. The van der Waals surface area contributed by atoms with E-state index in [1.54, 1.807) is 18.5 Å².